The Kier molecular flexibility index (Phi) is 2.36. The smallest absolute Gasteiger partial charge is 0.281 e. The lowest BCUT2D eigenvalue weighted by Gasteiger charge is -2.09. The van der Waals surface area contributed by atoms with Crippen LogP contribution in [0, 0.1) is 0 Å². The molecule has 23 heavy (non-hydrogen) atoms. The molecule has 0 saturated heterocycles. The number of hydrogen-bond donors (Lipinski definition) is 0. The van der Waals surface area contributed by atoms with Crippen molar-refractivity contribution in [3.05, 3.63) is 83.3 Å². The monoisotopic (exact) mass is 296 g/mol. The number of fused-ring (bicyclic) bond motifs is 6. The first kappa shape index (κ1) is 12.4. The van der Waals surface area contributed by atoms with Crippen molar-refractivity contribution in [2.75, 3.05) is 0 Å². The molecule has 5 aromatic rings. The van der Waals surface area contributed by atoms with Gasteiger partial charge in [0.25, 0.3) is 5.56 Å². The molecule has 3 nitrogen and oxygen atoms in total. The van der Waals surface area contributed by atoms with Gasteiger partial charge in [0.15, 0.2) is 0 Å². The Hall–Kier alpha value is -3.20. The van der Waals surface area contributed by atoms with E-state index >= 15 is 0 Å². The molecule has 0 aliphatic rings. The van der Waals surface area contributed by atoms with Crippen LogP contribution in [0.5, 0.6) is 0 Å². The number of benzene rings is 3. The van der Waals surface area contributed by atoms with Crippen LogP contribution in [0.25, 0.3) is 38.1 Å². The molecule has 0 spiro atoms. The van der Waals surface area contributed by atoms with Crippen molar-refractivity contribution in [3.63, 3.8) is 0 Å². The van der Waals surface area contributed by atoms with Gasteiger partial charge >= 0.3 is 0 Å². The maximum absolute atomic E-state index is 12.6. The summed E-state index contributed by atoms with van der Waals surface area (Å²) in [5, 5.41) is 4.89. The van der Waals surface area contributed by atoms with Crippen LogP contribution in [0.15, 0.2) is 77.7 Å². The lowest BCUT2D eigenvalue weighted by Crippen LogP contribution is -2.10. The fourth-order valence-electron chi connectivity index (χ4n) is 3.26. The molecule has 2 heterocycles. The highest BCUT2D eigenvalue weighted by atomic mass is 16.1. The maximum Gasteiger partial charge on any atom is 0.281 e. The van der Waals surface area contributed by atoms with Gasteiger partial charge in [0.1, 0.15) is 5.65 Å². The predicted molar refractivity (Wildman–Crippen MR) is 94.0 cm³/mol. The van der Waals surface area contributed by atoms with Gasteiger partial charge in [-0.3, -0.25) is 4.79 Å². The molecule has 0 fully saturated rings. The van der Waals surface area contributed by atoms with E-state index < -0.39 is 0 Å². The van der Waals surface area contributed by atoms with Crippen molar-refractivity contribution in [3.8, 4) is 0 Å². The first-order chi connectivity index (χ1) is 11.3. The second-order valence-electron chi connectivity index (χ2n) is 5.73. The van der Waals surface area contributed by atoms with Crippen molar-refractivity contribution >= 4 is 38.1 Å². The molecule has 0 bridgehead atoms. The molecule has 2 aromatic heterocycles. The van der Waals surface area contributed by atoms with Crippen LogP contribution in [0.4, 0.5) is 0 Å². The van der Waals surface area contributed by atoms with E-state index in [1.807, 2.05) is 59.1 Å². The van der Waals surface area contributed by atoms with Crippen LogP contribution < -0.4 is 5.56 Å². The van der Waals surface area contributed by atoms with E-state index in [1.54, 1.807) is 0 Å². The highest BCUT2D eigenvalue weighted by Crippen LogP contribution is 2.24. The molecule has 5 rings (SSSR count). The van der Waals surface area contributed by atoms with Gasteiger partial charge in [-0.2, -0.15) is 4.98 Å². The zero-order valence-corrected chi connectivity index (χ0v) is 12.2. The molecule has 0 amide bonds. The summed E-state index contributed by atoms with van der Waals surface area (Å²) in [5.41, 5.74) is 1.42. The van der Waals surface area contributed by atoms with Crippen LogP contribution in [-0.2, 0) is 0 Å². The summed E-state index contributed by atoms with van der Waals surface area (Å²) in [4.78, 5) is 16.9. The SMILES string of the molecule is O=c1nc2c3ccccc3ccn2c2cc3ccccc3cc12. The Morgan fingerprint density at radius 1 is 0.739 bits per heavy atom. The van der Waals surface area contributed by atoms with Crippen molar-refractivity contribution in [1.29, 1.82) is 0 Å². The lowest BCUT2D eigenvalue weighted by atomic mass is 10.1. The van der Waals surface area contributed by atoms with Crippen LogP contribution in [0.3, 0.4) is 0 Å². The molecule has 0 aliphatic heterocycles. The highest BCUT2D eigenvalue weighted by Gasteiger charge is 2.09. The average molecular weight is 296 g/mol. The molecule has 3 heteroatoms. The minimum Gasteiger partial charge on any atom is -0.300 e. The van der Waals surface area contributed by atoms with Crippen molar-refractivity contribution in [2.24, 2.45) is 0 Å². The zero-order chi connectivity index (χ0) is 15.4. The fraction of sp³-hybridized carbons (Fsp3) is 0. The summed E-state index contributed by atoms with van der Waals surface area (Å²) >= 11 is 0. The predicted octanol–water partition coefficient (Wildman–Crippen LogP) is 4.15. The Bertz CT molecular complexity index is 1290. The van der Waals surface area contributed by atoms with Gasteiger partial charge in [0.2, 0.25) is 0 Å². The van der Waals surface area contributed by atoms with Crippen LogP contribution in [-0.4, -0.2) is 9.38 Å². The van der Waals surface area contributed by atoms with Gasteiger partial charge in [-0.25, -0.2) is 0 Å². The van der Waals surface area contributed by atoms with Gasteiger partial charge in [-0.15, -0.1) is 0 Å². The van der Waals surface area contributed by atoms with Crippen molar-refractivity contribution in [1.82, 2.24) is 9.38 Å². The topological polar surface area (TPSA) is 34.4 Å². The van der Waals surface area contributed by atoms with E-state index in [-0.39, 0.29) is 5.56 Å². The van der Waals surface area contributed by atoms with Crippen molar-refractivity contribution in [2.45, 2.75) is 0 Å². The van der Waals surface area contributed by atoms with E-state index in [9.17, 15) is 4.79 Å². The Labute approximate surface area is 131 Å². The number of hydrogen-bond acceptors (Lipinski definition) is 2. The molecule has 0 aliphatic carbocycles. The second-order valence-corrected chi connectivity index (χ2v) is 5.73. The van der Waals surface area contributed by atoms with Crippen LogP contribution in [0.2, 0.25) is 0 Å². The molecule has 0 radical (unpaired) electrons. The van der Waals surface area contributed by atoms with Gasteiger partial charge in [0, 0.05) is 11.6 Å². The summed E-state index contributed by atoms with van der Waals surface area (Å²) in [7, 11) is 0. The standard InChI is InChI=1S/C20H12N2O/c23-20-17-11-14-6-1-2-7-15(14)12-18(17)22-10-9-13-5-3-4-8-16(13)19(22)21-20/h1-12H. The Morgan fingerprint density at radius 3 is 2.26 bits per heavy atom. The summed E-state index contributed by atoms with van der Waals surface area (Å²) in [5.74, 6) is 0. The Balaban J connectivity index is 2.09. The zero-order valence-electron chi connectivity index (χ0n) is 12.2. The van der Waals surface area contributed by atoms with Gasteiger partial charge in [-0.05, 0) is 34.4 Å². The normalized spacial score (nSPS) is 11.7. The number of rotatable bonds is 0. The number of nitrogens with zero attached hydrogens (tertiary/aromatic N) is 2. The van der Waals surface area contributed by atoms with Crippen LogP contribution in [0.1, 0.15) is 0 Å². The maximum atomic E-state index is 12.6. The third-order valence-corrected chi connectivity index (χ3v) is 4.39. The minimum absolute atomic E-state index is 0.179. The molecule has 0 unspecified atom stereocenters. The van der Waals surface area contributed by atoms with Gasteiger partial charge in [-0.1, -0.05) is 48.5 Å². The number of aromatic nitrogens is 2. The number of pyridine rings is 1. The summed E-state index contributed by atoms with van der Waals surface area (Å²) in [6.45, 7) is 0. The molecule has 0 N–H and O–H groups in total. The van der Waals surface area contributed by atoms with E-state index in [0.717, 1.165) is 27.1 Å². The molecule has 108 valence electrons. The van der Waals surface area contributed by atoms with Gasteiger partial charge < -0.3 is 4.40 Å². The summed E-state index contributed by atoms with van der Waals surface area (Å²) < 4.78 is 2.01. The highest BCUT2D eigenvalue weighted by molar-refractivity contribution is 6.00. The minimum atomic E-state index is -0.179. The summed E-state index contributed by atoms with van der Waals surface area (Å²) in [6, 6.07) is 22.1. The van der Waals surface area contributed by atoms with Gasteiger partial charge in [0.05, 0.1) is 10.9 Å². The third-order valence-electron chi connectivity index (χ3n) is 4.39. The van der Waals surface area contributed by atoms with Crippen LogP contribution >= 0.6 is 0 Å². The Morgan fingerprint density at radius 2 is 1.43 bits per heavy atom. The molecular formula is C20H12N2O. The van der Waals surface area contributed by atoms with E-state index in [0.29, 0.717) is 11.0 Å². The van der Waals surface area contributed by atoms with E-state index in [4.69, 9.17) is 0 Å². The first-order valence-electron chi connectivity index (χ1n) is 7.54. The fourth-order valence-corrected chi connectivity index (χ4v) is 3.26. The first-order valence-corrected chi connectivity index (χ1v) is 7.54. The largest absolute Gasteiger partial charge is 0.300 e. The second kappa shape index (κ2) is 4.40. The van der Waals surface area contributed by atoms with E-state index in [1.165, 1.54) is 0 Å². The summed E-state index contributed by atoms with van der Waals surface area (Å²) in [6.07, 6.45) is 1.99. The molecule has 3 aromatic carbocycles. The quantitative estimate of drug-likeness (QED) is 0.318. The van der Waals surface area contributed by atoms with E-state index in [2.05, 4.69) is 23.2 Å². The molecule has 0 atom stereocenters. The lowest BCUT2D eigenvalue weighted by molar-refractivity contribution is 1.15. The molecular weight excluding hydrogens is 284 g/mol. The third kappa shape index (κ3) is 1.70. The van der Waals surface area contributed by atoms with Crippen molar-refractivity contribution < 1.29 is 0 Å². The average Bonchev–Trinajstić information content (AvgIpc) is 2.60. The molecule has 0 saturated carbocycles.